The van der Waals surface area contributed by atoms with Crippen molar-refractivity contribution in [2.45, 2.75) is 32.1 Å². The first kappa shape index (κ1) is 15.7. The van der Waals surface area contributed by atoms with Crippen LogP contribution in [0.4, 0.5) is 0 Å². The highest BCUT2D eigenvalue weighted by Gasteiger charge is 2.14. The van der Waals surface area contributed by atoms with Gasteiger partial charge in [0, 0.05) is 18.4 Å². The Bertz CT molecular complexity index is 662. The number of rotatable bonds is 6. The molecule has 1 fully saturated rings. The van der Waals surface area contributed by atoms with E-state index in [0.29, 0.717) is 13.2 Å². The van der Waals surface area contributed by atoms with E-state index >= 15 is 0 Å². The Labute approximate surface area is 134 Å². The van der Waals surface area contributed by atoms with E-state index < -0.39 is 5.97 Å². The zero-order chi connectivity index (χ0) is 16.1. The van der Waals surface area contributed by atoms with Gasteiger partial charge in [-0.1, -0.05) is 12.1 Å². The van der Waals surface area contributed by atoms with E-state index in [2.05, 4.69) is 5.10 Å². The largest absolute Gasteiger partial charge is 0.478 e. The number of carboxylic acid groups (broad SMARTS) is 1. The molecule has 23 heavy (non-hydrogen) atoms. The molecule has 0 aliphatic carbocycles. The van der Waals surface area contributed by atoms with Gasteiger partial charge in [0.1, 0.15) is 0 Å². The molecule has 1 unspecified atom stereocenters. The minimum atomic E-state index is -0.935. The van der Waals surface area contributed by atoms with Gasteiger partial charge in [0.2, 0.25) is 0 Å². The maximum atomic E-state index is 11.1. The molecule has 1 N–H and O–H groups in total. The van der Waals surface area contributed by atoms with Crippen LogP contribution < -0.4 is 0 Å². The highest BCUT2D eigenvalue weighted by molar-refractivity contribution is 5.89. The summed E-state index contributed by atoms with van der Waals surface area (Å²) in [5.74, 6) is -0.935. The Morgan fingerprint density at radius 3 is 3.09 bits per heavy atom. The molecule has 0 saturated carbocycles. The molecule has 0 radical (unpaired) electrons. The van der Waals surface area contributed by atoms with Crippen molar-refractivity contribution in [2.24, 2.45) is 0 Å². The van der Waals surface area contributed by atoms with E-state index in [0.717, 1.165) is 37.1 Å². The molecule has 0 bridgehead atoms. The Balaban J connectivity index is 1.65. The van der Waals surface area contributed by atoms with Gasteiger partial charge in [-0.2, -0.15) is 5.10 Å². The number of nitrogens with zero attached hydrogens (tertiary/aromatic N) is 2. The highest BCUT2D eigenvalue weighted by atomic mass is 16.7. The molecule has 1 aliphatic rings. The number of carboxylic acids is 1. The number of aromatic carboxylic acids is 1. The van der Waals surface area contributed by atoms with E-state index in [1.54, 1.807) is 24.4 Å². The van der Waals surface area contributed by atoms with Crippen molar-refractivity contribution >= 4 is 5.97 Å². The predicted molar refractivity (Wildman–Crippen MR) is 84.2 cm³/mol. The fourth-order valence-electron chi connectivity index (χ4n) is 2.68. The van der Waals surface area contributed by atoms with Crippen molar-refractivity contribution in [1.82, 2.24) is 9.78 Å². The minimum Gasteiger partial charge on any atom is -0.478 e. The van der Waals surface area contributed by atoms with Crippen molar-refractivity contribution in [3.05, 3.63) is 42.1 Å². The maximum absolute atomic E-state index is 11.1. The summed E-state index contributed by atoms with van der Waals surface area (Å²) in [7, 11) is 0. The lowest BCUT2D eigenvalue weighted by Crippen LogP contribution is -2.24. The van der Waals surface area contributed by atoms with Gasteiger partial charge in [-0.25, -0.2) is 4.79 Å². The van der Waals surface area contributed by atoms with Gasteiger partial charge in [-0.15, -0.1) is 0 Å². The zero-order valence-electron chi connectivity index (χ0n) is 12.9. The standard InChI is InChI=1S/C17H20N2O4/c20-17(21)14-5-3-4-13(12-14)15-7-8-18-19(15)9-11-23-16-6-1-2-10-22-16/h3-5,7-8,12,16H,1-2,6,9-11H2,(H,20,21). The first-order valence-corrected chi connectivity index (χ1v) is 7.83. The lowest BCUT2D eigenvalue weighted by atomic mass is 10.1. The molecule has 0 amide bonds. The van der Waals surface area contributed by atoms with Crippen LogP contribution in [0, 0.1) is 0 Å². The van der Waals surface area contributed by atoms with Gasteiger partial charge < -0.3 is 14.6 Å². The van der Waals surface area contributed by atoms with Crippen LogP contribution in [0.5, 0.6) is 0 Å². The summed E-state index contributed by atoms with van der Waals surface area (Å²) in [6.07, 6.45) is 4.77. The molecule has 122 valence electrons. The molecule has 2 aromatic rings. The van der Waals surface area contributed by atoms with Crippen molar-refractivity contribution in [2.75, 3.05) is 13.2 Å². The van der Waals surface area contributed by atoms with Gasteiger partial charge in [-0.05, 0) is 37.5 Å². The molecular formula is C17H20N2O4. The van der Waals surface area contributed by atoms with Crippen molar-refractivity contribution in [1.29, 1.82) is 0 Å². The fourth-order valence-corrected chi connectivity index (χ4v) is 2.68. The molecule has 3 rings (SSSR count). The van der Waals surface area contributed by atoms with Gasteiger partial charge in [0.05, 0.1) is 24.4 Å². The molecular weight excluding hydrogens is 296 g/mol. The predicted octanol–water partition coefficient (Wildman–Crippen LogP) is 2.79. The number of ether oxygens (including phenoxy) is 2. The van der Waals surface area contributed by atoms with Crippen LogP contribution >= 0.6 is 0 Å². The molecule has 2 heterocycles. The summed E-state index contributed by atoms with van der Waals surface area (Å²) in [4.78, 5) is 11.1. The molecule has 6 heteroatoms. The average molecular weight is 316 g/mol. The lowest BCUT2D eigenvalue weighted by Gasteiger charge is -2.22. The Morgan fingerprint density at radius 1 is 1.39 bits per heavy atom. The number of carbonyl (C=O) groups is 1. The minimum absolute atomic E-state index is 0.113. The number of hydrogen-bond acceptors (Lipinski definition) is 4. The Hall–Kier alpha value is -2.18. The summed E-state index contributed by atoms with van der Waals surface area (Å²) in [5.41, 5.74) is 1.97. The quantitative estimate of drug-likeness (QED) is 0.887. The van der Waals surface area contributed by atoms with E-state index in [1.807, 2.05) is 16.8 Å². The van der Waals surface area contributed by atoms with Crippen LogP contribution in [0.15, 0.2) is 36.5 Å². The maximum Gasteiger partial charge on any atom is 0.335 e. The van der Waals surface area contributed by atoms with Crippen LogP contribution in [0.2, 0.25) is 0 Å². The third-order valence-corrected chi connectivity index (χ3v) is 3.87. The summed E-state index contributed by atoms with van der Waals surface area (Å²) in [6, 6.07) is 8.72. The average Bonchev–Trinajstić information content (AvgIpc) is 3.04. The van der Waals surface area contributed by atoms with E-state index in [9.17, 15) is 4.79 Å². The normalized spacial score (nSPS) is 18.0. The van der Waals surface area contributed by atoms with Crippen LogP contribution in [-0.4, -0.2) is 40.4 Å². The Morgan fingerprint density at radius 2 is 2.30 bits per heavy atom. The van der Waals surface area contributed by atoms with Crippen molar-refractivity contribution in [3.63, 3.8) is 0 Å². The van der Waals surface area contributed by atoms with Gasteiger partial charge >= 0.3 is 5.97 Å². The van der Waals surface area contributed by atoms with E-state index in [1.165, 1.54) is 0 Å². The van der Waals surface area contributed by atoms with Crippen LogP contribution in [-0.2, 0) is 16.0 Å². The van der Waals surface area contributed by atoms with Gasteiger partial charge in [0.15, 0.2) is 6.29 Å². The SMILES string of the molecule is O=C(O)c1cccc(-c2ccnn2CCOC2CCCCO2)c1. The van der Waals surface area contributed by atoms with Crippen LogP contribution in [0.3, 0.4) is 0 Å². The highest BCUT2D eigenvalue weighted by Crippen LogP contribution is 2.20. The zero-order valence-corrected chi connectivity index (χ0v) is 12.9. The monoisotopic (exact) mass is 316 g/mol. The van der Waals surface area contributed by atoms with Gasteiger partial charge in [-0.3, -0.25) is 4.68 Å². The fraction of sp³-hybridized carbons (Fsp3) is 0.412. The number of hydrogen-bond donors (Lipinski definition) is 1. The summed E-state index contributed by atoms with van der Waals surface area (Å²) in [6.45, 7) is 1.87. The third-order valence-electron chi connectivity index (χ3n) is 3.87. The molecule has 1 aromatic carbocycles. The van der Waals surface area contributed by atoms with Crippen molar-refractivity contribution in [3.8, 4) is 11.3 Å². The van der Waals surface area contributed by atoms with Gasteiger partial charge in [0.25, 0.3) is 0 Å². The summed E-state index contributed by atoms with van der Waals surface area (Å²) < 4.78 is 13.1. The van der Waals surface area contributed by atoms with E-state index in [-0.39, 0.29) is 11.9 Å². The first-order chi connectivity index (χ1) is 11.2. The second-order valence-corrected chi connectivity index (χ2v) is 5.49. The van der Waals surface area contributed by atoms with Crippen LogP contribution in [0.25, 0.3) is 11.3 Å². The van der Waals surface area contributed by atoms with Crippen molar-refractivity contribution < 1.29 is 19.4 Å². The second-order valence-electron chi connectivity index (χ2n) is 5.49. The molecule has 6 nitrogen and oxygen atoms in total. The lowest BCUT2D eigenvalue weighted by molar-refractivity contribution is -0.163. The molecule has 0 spiro atoms. The molecule has 1 aromatic heterocycles. The number of aromatic nitrogens is 2. The first-order valence-electron chi connectivity index (χ1n) is 7.83. The number of benzene rings is 1. The summed E-state index contributed by atoms with van der Waals surface area (Å²) in [5, 5.41) is 13.4. The topological polar surface area (TPSA) is 73.6 Å². The summed E-state index contributed by atoms with van der Waals surface area (Å²) >= 11 is 0. The third kappa shape index (κ3) is 3.97. The Kier molecular flexibility index (Phi) is 5.05. The molecule has 1 atom stereocenters. The smallest absolute Gasteiger partial charge is 0.335 e. The van der Waals surface area contributed by atoms with Crippen LogP contribution in [0.1, 0.15) is 29.6 Å². The van der Waals surface area contributed by atoms with E-state index in [4.69, 9.17) is 14.6 Å². The molecule has 1 saturated heterocycles. The second kappa shape index (κ2) is 7.39. The molecule has 1 aliphatic heterocycles.